The second-order valence-corrected chi connectivity index (χ2v) is 4.76. The largest absolute Gasteiger partial charge is 0.482 e. The average molecular weight is 273 g/mol. The minimum absolute atomic E-state index is 0.201. The third kappa shape index (κ3) is 2.58. The SMILES string of the molecule is Nc1ccccc1OCc1nc(-c2cccs2)no1. The first-order chi connectivity index (χ1) is 9.33. The quantitative estimate of drug-likeness (QED) is 0.740. The number of aromatic nitrogens is 2. The molecule has 0 bridgehead atoms. The Bertz CT molecular complexity index is 664. The molecular formula is C13H11N3O2S. The van der Waals surface area contributed by atoms with Crippen LogP contribution >= 0.6 is 11.3 Å². The van der Waals surface area contributed by atoms with E-state index in [-0.39, 0.29) is 6.61 Å². The molecule has 2 aromatic heterocycles. The number of anilines is 1. The zero-order valence-corrected chi connectivity index (χ0v) is 10.8. The molecule has 96 valence electrons. The number of nitrogens with zero attached hydrogens (tertiary/aromatic N) is 2. The molecule has 1 aromatic carbocycles. The van der Waals surface area contributed by atoms with Crippen LogP contribution in [0, 0.1) is 0 Å². The van der Waals surface area contributed by atoms with Gasteiger partial charge in [-0.15, -0.1) is 11.3 Å². The van der Waals surface area contributed by atoms with Crippen LogP contribution in [0.15, 0.2) is 46.3 Å². The van der Waals surface area contributed by atoms with Gasteiger partial charge in [-0.05, 0) is 23.6 Å². The second-order valence-electron chi connectivity index (χ2n) is 3.82. The number of benzene rings is 1. The van der Waals surface area contributed by atoms with Gasteiger partial charge in [0.2, 0.25) is 5.82 Å². The molecule has 0 fully saturated rings. The molecule has 3 aromatic rings. The highest BCUT2D eigenvalue weighted by molar-refractivity contribution is 7.13. The Balaban J connectivity index is 1.70. The summed E-state index contributed by atoms with van der Waals surface area (Å²) in [7, 11) is 0. The lowest BCUT2D eigenvalue weighted by Crippen LogP contribution is -1.98. The first kappa shape index (κ1) is 11.7. The Morgan fingerprint density at radius 1 is 1.21 bits per heavy atom. The van der Waals surface area contributed by atoms with E-state index >= 15 is 0 Å². The summed E-state index contributed by atoms with van der Waals surface area (Å²) < 4.78 is 10.7. The summed E-state index contributed by atoms with van der Waals surface area (Å²) in [6.07, 6.45) is 0. The molecule has 0 aliphatic rings. The van der Waals surface area contributed by atoms with E-state index in [4.69, 9.17) is 15.0 Å². The number of nitrogen functional groups attached to an aromatic ring is 1. The molecular weight excluding hydrogens is 262 g/mol. The van der Waals surface area contributed by atoms with Gasteiger partial charge in [-0.2, -0.15) is 4.98 Å². The molecule has 0 aliphatic heterocycles. The lowest BCUT2D eigenvalue weighted by Gasteiger charge is -2.05. The van der Waals surface area contributed by atoms with Crippen molar-refractivity contribution in [3.63, 3.8) is 0 Å². The van der Waals surface area contributed by atoms with Gasteiger partial charge in [-0.1, -0.05) is 23.4 Å². The highest BCUT2D eigenvalue weighted by Gasteiger charge is 2.10. The fourth-order valence-electron chi connectivity index (χ4n) is 1.57. The highest BCUT2D eigenvalue weighted by atomic mass is 32.1. The van der Waals surface area contributed by atoms with Crippen LogP contribution in [-0.4, -0.2) is 10.1 Å². The zero-order valence-electron chi connectivity index (χ0n) is 9.95. The second kappa shape index (κ2) is 5.11. The fourth-order valence-corrected chi connectivity index (χ4v) is 2.22. The number of hydrogen-bond acceptors (Lipinski definition) is 6. The van der Waals surface area contributed by atoms with Gasteiger partial charge in [0.1, 0.15) is 5.75 Å². The van der Waals surface area contributed by atoms with Crippen LogP contribution in [0.5, 0.6) is 5.75 Å². The number of hydrogen-bond donors (Lipinski definition) is 1. The van der Waals surface area contributed by atoms with Crippen molar-refractivity contribution in [2.24, 2.45) is 0 Å². The maximum Gasteiger partial charge on any atom is 0.264 e. The van der Waals surface area contributed by atoms with Gasteiger partial charge in [0.05, 0.1) is 10.6 Å². The highest BCUT2D eigenvalue weighted by Crippen LogP contribution is 2.23. The topological polar surface area (TPSA) is 74.2 Å². The van der Waals surface area contributed by atoms with Gasteiger partial charge < -0.3 is 15.0 Å². The summed E-state index contributed by atoms with van der Waals surface area (Å²) in [5.41, 5.74) is 6.36. The zero-order chi connectivity index (χ0) is 13.1. The maximum absolute atomic E-state index is 5.78. The lowest BCUT2D eigenvalue weighted by atomic mass is 10.3. The van der Waals surface area contributed by atoms with Crippen LogP contribution in [0.25, 0.3) is 10.7 Å². The number of para-hydroxylation sites is 2. The lowest BCUT2D eigenvalue weighted by molar-refractivity contribution is 0.244. The van der Waals surface area contributed by atoms with E-state index in [1.807, 2.05) is 29.6 Å². The molecule has 0 radical (unpaired) electrons. The average Bonchev–Trinajstić information content (AvgIpc) is 3.09. The number of thiophene rings is 1. The molecule has 3 rings (SSSR count). The summed E-state index contributed by atoms with van der Waals surface area (Å²) in [6, 6.07) is 11.2. The summed E-state index contributed by atoms with van der Waals surface area (Å²) in [4.78, 5) is 5.23. The van der Waals surface area contributed by atoms with Crippen molar-refractivity contribution in [2.45, 2.75) is 6.61 Å². The van der Waals surface area contributed by atoms with Gasteiger partial charge in [0, 0.05) is 0 Å². The van der Waals surface area contributed by atoms with Crippen molar-refractivity contribution in [1.82, 2.24) is 10.1 Å². The Hall–Kier alpha value is -2.34. The van der Waals surface area contributed by atoms with Crippen LogP contribution < -0.4 is 10.5 Å². The summed E-state index contributed by atoms with van der Waals surface area (Å²) >= 11 is 1.56. The summed E-state index contributed by atoms with van der Waals surface area (Å²) in [5.74, 6) is 1.61. The molecule has 6 heteroatoms. The monoisotopic (exact) mass is 273 g/mol. The molecule has 2 heterocycles. The number of rotatable bonds is 4. The Morgan fingerprint density at radius 3 is 2.89 bits per heavy atom. The third-order valence-corrected chi connectivity index (χ3v) is 3.35. The standard InChI is InChI=1S/C13H11N3O2S/c14-9-4-1-2-5-10(9)17-8-12-15-13(16-18-12)11-6-3-7-19-11/h1-7H,8,14H2. The van der Waals surface area contributed by atoms with Crippen LogP contribution in [-0.2, 0) is 6.61 Å². The molecule has 0 saturated carbocycles. The summed E-state index contributed by atoms with van der Waals surface area (Å²) in [5, 5.41) is 5.87. The third-order valence-electron chi connectivity index (χ3n) is 2.48. The number of ether oxygens (including phenoxy) is 1. The molecule has 0 saturated heterocycles. The van der Waals surface area contributed by atoms with Gasteiger partial charge in [0.15, 0.2) is 6.61 Å². The van der Waals surface area contributed by atoms with E-state index in [2.05, 4.69) is 10.1 Å². The van der Waals surface area contributed by atoms with Gasteiger partial charge in [-0.25, -0.2) is 0 Å². The predicted octanol–water partition coefficient (Wildman–Crippen LogP) is 2.96. The van der Waals surface area contributed by atoms with Crippen LogP contribution in [0.1, 0.15) is 5.89 Å². The van der Waals surface area contributed by atoms with Crippen molar-refractivity contribution >= 4 is 17.0 Å². The van der Waals surface area contributed by atoms with E-state index in [9.17, 15) is 0 Å². The normalized spacial score (nSPS) is 10.5. The van der Waals surface area contributed by atoms with E-state index in [0.29, 0.717) is 23.2 Å². The van der Waals surface area contributed by atoms with Crippen molar-refractivity contribution in [3.8, 4) is 16.5 Å². The minimum Gasteiger partial charge on any atom is -0.482 e. The van der Waals surface area contributed by atoms with E-state index in [1.165, 1.54) is 0 Å². The molecule has 0 atom stereocenters. The van der Waals surface area contributed by atoms with Crippen molar-refractivity contribution in [1.29, 1.82) is 0 Å². The molecule has 5 nitrogen and oxygen atoms in total. The van der Waals surface area contributed by atoms with Gasteiger partial charge in [0.25, 0.3) is 5.89 Å². The molecule has 0 amide bonds. The minimum atomic E-state index is 0.201. The Kier molecular flexibility index (Phi) is 3.16. The molecule has 0 aliphatic carbocycles. The number of nitrogens with two attached hydrogens (primary N) is 1. The van der Waals surface area contributed by atoms with E-state index < -0.39 is 0 Å². The van der Waals surface area contributed by atoms with Gasteiger partial charge in [-0.3, -0.25) is 0 Å². The van der Waals surface area contributed by atoms with E-state index in [1.54, 1.807) is 23.5 Å². The van der Waals surface area contributed by atoms with Crippen molar-refractivity contribution in [2.75, 3.05) is 5.73 Å². The van der Waals surface area contributed by atoms with Crippen LogP contribution in [0.4, 0.5) is 5.69 Å². The first-order valence-corrected chi connectivity index (χ1v) is 6.54. The van der Waals surface area contributed by atoms with Gasteiger partial charge >= 0.3 is 0 Å². The van der Waals surface area contributed by atoms with Crippen molar-refractivity contribution in [3.05, 3.63) is 47.7 Å². The Morgan fingerprint density at radius 2 is 2.11 bits per heavy atom. The predicted molar refractivity (Wildman–Crippen MR) is 72.8 cm³/mol. The first-order valence-electron chi connectivity index (χ1n) is 5.67. The molecule has 19 heavy (non-hydrogen) atoms. The maximum atomic E-state index is 5.78. The Labute approximate surface area is 113 Å². The summed E-state index contributed by atoms with van der Waals surface area (Å²) in [6.45, 7) is 0.201. The van der Waals surface area contributed by atoms with Crippen LogP contribution in [0.2, 0.25) is 0 Å². The fraction of sp³-hybridized carbons (Fsp3) is 0.0769. The smallest absolute Gasteiger partial charge is 0.264 e. The molecule has 0 spiro atoms. The van der Waals surface area contributed by atoms with E-state index in [0.717, 1.165) is 4.88 Å². The van der Waals surface area contributed by atoms with Crippen LogP contribution in [0.3, 0.4) is 0 Å². The molecule has 0 unspecified atom stereocenters. The molecule has 2 N–H and O–H groups in total. The van der Waals surface area contributed by atoms with Crippen molar-refractivity contribution < 1.29 is 9.26 Å².